The lowest BCUT2D eigenvalue weighted by Gasteiger charge is -1.95. The van der Waals surface area contributed by atoms with Gasteiger partial charge in [0.25, 0.3) is 0 Å². The summed E-state index contributed by atoms with van der Waals surface area (Å²) in [6.45, 7) is 0. The monoisotopic (exact) mass is 279 g/mol. The van der Waals surface area contributed by atoms with E-state index in [0.29, 0.717) is 17.5 Å². The predicted molar refractivity (Wildman–Crippen MR) is 68.2 cm³/mol. The minimum absolute atomic E-state index is 0.588. The molecule has 0 aliphatic carbocycles. The fourth-order valence-corrected chi connectivity index (χ4v) is 2.72. The normalized spacial score (nSPS) is 10.9. The summed E-state index contributed by atoms with van der Waals surface area (Å²) in [5.74, 6) is 1.82. The van der Waals surface area contributed by atoms with E-state index in [4.69, 9.17) is 4.52 Å². The van der Waals surface area contributed by atoms with Gasteiger partial charge in [-0.05, 0) is 11.4 Å². The molecule has 3 aromatic rings. The van der Waals surface area contributed by atoms with E-state index in [0.717, 1.165) is 10.0 Å². The van der Waals surface area contributed by atoms with Crippen LogP contribution in [-0.2, 0) is 12.8 Å². The van der Waals surface area contributed by atoms with Crippen LogP contribution in [0.1, 0.15) is 5.89 Å². The van der Waals surface area contributed by atoms with Crippen LogP contribution in [0.3, 0.4) is 0 Å². The van der Waals surface area contributed by atoms with Crippen molar-refractivity contribution in [2.75, 3.05) is 0 Å². The van der Waals surface area contributed by atoms with Crippen molar-refractivity contribution in [2.45, 2.75) is 10.9 Å². The van der Waals surface area contributed by atoms with Gasteiger partial charge >= 0.3 is 0 Å². The molecule has 92 valence electrons. The number of hydrogen-bond acceptors (Lipinski definition) is 7. The van der Waals surface area contributed by atoms with Crippen molar-refractivity contribution in [3.8, 4) is 10.7 Å². The minimum atomic E-state index is 0.588. The van der Waals surface area contributed by atoms with Gasteiger partial charge in [-0.3, -0.25) is 0 Å². The van der Waals surface area contributed by atoms with Gasteiger partial charge in [0.1, 0.15) is 6.33 Å². The van der Waals surface area contributed by atoms with E-state index in [1.807, 2.05) is 29.1 Å². The van der Waals surface area contributed by atoms with Crippen LogP contribution in [0.4, 0.5) is 0 Å². The van der Waals surface area contributed by atoms with Crippen molar-refractivity contribution in [1.82, 2.24) is 24.9 Å². The molecule has 0 aromatic carbocycles. The summed E-state index contributed by atoms with van der Waals surface area (Å²) in [6.07, 6.45) is 1.66. The standard InChI is InChI=1S/C10H9N5OS2/c1-15-6-11-13-10(15)18-5-8-12-9(14-16-8)7-3-2-4-17-7/h2-4,6H,5H2,1H3. The highest BCUT2D eigenvalue weighted by atomic mass is 32.2. The molecular weight excluding hydrogens is 270 g/mol. The van der Waals surface area contributed by atoms with Crippen LogP contribution in [0.2, 0.25) is 0 Å². The molecule has 0 amide bonds. The van der Waals surface area contributed by atoms with Crippen LogP contribution in [0, 0.1) is 0 Å². The van der Waals surface area contributed by atoms with E-state index in [9.17, 15) is 0 Å². The van der Waals surface area contributed by atoms with Gasteiger partial charge in [-0.1, -0.05) is 23.0 Å². The Labute approximate surface area is 111 Å². The fraction of sp³-hybridized carbons (Fsp3) is 0.200. The van der Waals surface area contributed by atoms with Gasteiger partial charge in [0.2, 0.25) is 11.7 Å². The second-order valence-electron chi connectivity index (χ2n) is 3.50. The highest BCUT2D eigenvalue weighted by molar-refractivity contribution is 7.98. The van der Waals surface area contributed by atoms with Gasteiger partial charge in [0.15, 0.2) is 5.16 Å². The molecule has 3 rings (SSSR count). The fourth-order valence-electron chi connectivity index (χ4n) is 1.35. The molecule has 0 saturated carbocycles. The summed E-state index contributed by atoms with van der Waals surface area (Å²) in [7, 11) is 1.90. The number of nitrogens with zero attached hydrogens (tertiary/aromatic N) is 5. The maximum Gasteiger partial charge on any atom is 0.237 e. The summed E-state index contributed by atoms with van der Waals surface area (Å²) >= 11 is 3.10. The number of rotatable bonds is 4. The summed E-state index contributed by atoms with van der Waals surface area (Å²) < 4.78 is 7.04. The Bertz CT molecular complexity index is 630. The Balaban J connectivity index is 1.69. The van der Waals surface area contributed by atoms with E-state index >= 15 is 0 Å². The Morgan fingerprint density at radius 2 is 2.44 bits per heavy atom. The van der Waals surface area contributed by atoms with Gasteiger partial charge in [-0.25, -0.2) is 0 Å². The zero-order chi connectivity index (χ0) is 12.4. The molecule has 3 aromatic heterocycles. The highest BCUT2D eigenvalue weighted by Gasteiger charge is 2.11. The molecule has 6 nitrogen and oxygen atoms in total. The van der Waals surface area contributed by atoms with E-state index < -0.39 is 0 Å². The molecule has 0 unspecified atom stereocenters. The van der Waals surface area contributed by atoms with Crippen molar-refractivity contribution in [2.24, 2.45) is 7.05 Å². The van der Waals surface area contributed by atoms with Crippen LogP contribution in [0.25, 0.3) is 10.7 Å². The van der Waals surface area contributed by atoms with Crippen molar-refractivity contribution in [3.05, 3.63) is 29.7 Å². The van der Waals surface area contributed by atoms with E-state index in [1.165, 1.54) is 11.8 Å². The first-order chi connectivity index (χ1) is 8.83. The molecule has 8 heteroatoms. The summed E-state index contributed by atoms with van der Waals surface area (Å²) in [5, 5.41) is 14.5. The number of aromatic nitrogens is 5. The second-order valence-corrected chi connectivity index (χ2v) is 5.39. The van der Waals surface area contributed by atoms with Gasteiger partial charge in [-0.2, -0.15) is 4.98 Å². The molecule has 0 aliphatic rings. The zero-order valence-electron chi connectivity index (χ0n) is 9.48. The zero-order valence-corrected chi connectivity index (χ0v) is 11.1. The van der Waals surface area contributed by atoms with E-state index in [1.54, 1.807) is 17.7 Å². The SMILES string of the molecule is Cn1cnnc1SCc1nc(-c2cccs2)no1. The smallest absolute Gasteiger partial charge is 0.237 e. The van der Waals surface area contributed by atoms with Crippen LogP contribution in [0.5, 0.6) is 0 Å². The third-order valence-electron chi connectivity index (χ3n) is 2.20. The lowest BCUT2D eigenvalue weighted by atomic mass is 10.4. The maximum absolute atomic E-state index is 5.19. The molecule has 0 radical (unpaired) electrons. The largest absolute Gasteiger partial charge is 0.338 e. The first-order valence-electron chi connectivity index (χ1n) is 5.16. The molecular formula is C10H9N5OS2. The molecule has 0 N–H and O–H groups in total. The molecule has 0 fully saturated rings. The van der Waals surface area contributed by atoms with Crippen LogP contribution in [-0.4, -0.2) is 24.9 Å². The Morgan fingerprint density at radius 3 is 3.17 bits per heavy atom. The van der Waals surface area contributed by atoms with Crippen LogP contribution < -0.4 is 0 Å². The lowest BCUT2D eigenvalue weighted by Crippen LogP contribution is -1.89. The summed E-state index contributed by atoms with van der Waals surface area (Å²) in [5.41, 5.74) is 0. The Kier molecular flexibility index (Phi) is 3.11. The number of hydrogen-bond donors (Lipinski definition) is 0. The molecule has 0 saturated heterocycles. The van der Waals surface area contributed by atoms with Gasteiger partial charge in [0.05, 0.1) is 10.6 Å². The van der Waals surface area contributed by atoms with Crippen molar-refractivity contribution in [3.63, 3.8) is 0 Å². The molecule has 0 aliphatic heterocycles. The topological polar surface area (TPSA) is 69.6 Å². The molecule has 0 atom stereocenters. The van der Waals surface area contributed by atoms with Gasteiger partial charge < -0.3 is 9.09 Å². The molecule has 0 bridgehead atoms. The van der Waals surface area contributed by atoms with Crippen LogP contribution >= 0.6 is 23.1 Å². The second kappa shape index (κ2) is 4.91. The Hall–Kier alpha value is -1.67. The first kappa shape index (κ1) is 11.4. The third-order valence-corrected chi connectivity index (χ3v) is 4.09. The summed E-state index contributed by atoms with van der Waals surface area (Å²) in [4.78, 5) is 5.34. The average Bonchev–Trinajstić information content (AvgIpc) is 3.08. The molecule has 0 spiro atoms. The van der Waals surface area contributed by atoms with E-state index in [2.05, 4.69) is 20.3 Å². The number of thioether (sulfide) groups is 1. The van der Waals surface area contributed by atoms with Gasteiger partial charge in [0, 0.05) is 7.05 Å². The number of aryl methyl sites for hydroxylation is 1. The lowest BCUT2D eigenvalue weighted by molar-refractivity contribution is 0.391. The van der Waals surface area contributed by atoms with Gasteiger partial charge in [-0.15, -0.1) is 21.5 Å². The maximum atomic E-state index is 5.19. The number of thiophene rings is 1. The predicted octanol–water partition coefficient (Wildman–Crippen LogP) is 2.22. The van der Waals surface area contributed by atoms with Crippen molar-refractivity contribution in [1.29, 1.82) is 0 Å². The third kappa shape index (κ3) is 2.29. The van der Waals surface area contributed by atoms with Crippen molar-refractivity contribution >= 4 is 23.1 Å². The molecule has 18 heavy (non-hydrogen) atoms. The minimum Gasteiger partial charge on any atom is -0.338 e. The first-order valence-corrected chi connectivity index (χ1v) is 7.03. The Morgan fingerprint density at radius 1 is 1.50 bits per heavy atom. The summed E-state index contributed by atoms with van der Waals surface area (Å²) in [6, 6.07) is 3.93. The van der Waals surface area contributed by atoms with Crippen LogP contribution in [0.15, 0.2) is 33.5 Å². The van der Waals surface area contributed by atoms with E-state index in [-0.39, 0.29) is 0 Å². The van der Waals surface area contributed by atoms with Crippen molar-refractivity contribution < 1.29 is 4.52 Å². The quantitative estimate of drug-likeness (QED) is 0.682. The highest BCUT2D eigenvalue weighted by Crippen LogP contribution is 2.24. The molecule has 3 heterocycles. The average molecular weight is 279 g/mol.